The number of methoxy groups -OCH3 is 1. The highest BCUT2D eigenvalue weighted by molar-refractivity contribution is 7.22. The number of benzene rings is 2. The van der Waals surface area contributed by atoms with Gasteiger partial charge in [0.05, 0.1) is 28.6 Å². The van der Waals surface area contributed by atoms with E-state index < -0.39 is 17.7 Å². The van der Waals surface area contributed by atoms with Crippen LogP contribution in [0.25, 0.3) is 16.0 Å². The van der Waals surface area contributed by atoms with E-state index in [1.807, 2.05) is 19.1 Å². The van der Waals surface area contributed by atoms with Crippen molar-refractivity contribution in [3.63, 3.8) is 0 Å². The summed E-state index contributed by atoms with van der Waals surface area (Å²) in [4.78, 5) is 37.2. The molecular formula is C27H21N3O6S. The molecule has 186 valence electrons. The van der Waals surface area contributed by atoms with Gasteiger partial charge in [-0.3, -0.25) is 19.5 Å². The molecule has 0 aliphatic carbocycles. The highest BCUT2D eigenvalue weighted by Gasteiger charge is 2.49. The lowest BCUT2D eigenvalue weighted by Crippen LogP contribution is -2.29. The lowest BCUT2D eigenvalue weighted by atomic mass is 9.98. The van der Waals surface area contributed by atoms with Crippen LogP contribution >= 0.6 is 11.3 Å². The molecule has 0 saturated carbocycles. The molecule has 0 bridgehead atoms. The van der Waals surface area contributed by atoms with Crippen molar-refractivity contribution in [2.75, 3.05) is 25.2 Å². The molecule has 10 heteroatoms. The van der Waals surface area contributed by atoms with E-state index in [2.05, 4.69) is 9.97 Å². The minimum Gasteiger partial charge on any atom is -0.507 e. The average Bonchev–Trinajstić information content (AvgIpc) is 3.45. The number of pyridine rings is 1. The molecule has 4 aromatic rings. The summed E-state index contributed by atoms with van der Waals surface area (Å²) in [5, 5.41) is 11.7. The van der Waals surface area contributed by atoms with E-state index in [4.69, 9.17) is 14.2 Å². The van der Waals surface area contributed by atoms with Gasteiger partial charge in [0, 0.05) is 11.8 Å². The number of fused-ring (bicyclic) bond motifs is 2. The maximum absolute atomic E-state index is 13.4. The van der Waals surface area contributed by atoms with Crippen LogP contribution in [0.15, 0.2) is 60.3 Å². The van der Waals surface area contributed by atoms with Crippen molar-refractivity contribution in [1.29, 1.82) is 0 Å². The highest BCUT2D eigenvalue weighted by Crippen LogP contribution is 2.45. The molecule has 2 aliphatic rings. The van der Waals surface area contributed by atoms with Crippen molar-refractivity contribution >= 4 is 44.1 Å². The van der Waals surface area contributed by atoms with Gasteiger partial charge in [0.1, 0.15) is 30.8 Å². The monoisotopic (exact) mass is 515 g/mol. The number of aryl methyl sites for hydroxylation is 1. The number of carbonyl (C=O) groups is 2. The second-order valence-corrected chi connectivity index (χ2v) is 9.58. The minimum atomic E-state index is -0.974. The zero-order valence-corrected chi connectivity index (χ0v) is 20.7. The van der Waals surface area contributed by atoms with Crippen LogP contribution in [0.4, 0.5) is 5.13 Å². The van der Waals surface area contributed by atoms with Gasteiger partial charge >= 0.3 is 5.91 Å². The van der Waals surface area contributed by atoms with Crippen molar-refractivity contribution in [2.45, 2.75) is 13.0 Å². The lowest BCUT2D eigenvalue weighted by Gasteiger charge is -2.22. The molecule has 1 atom stereocenters. The van der Waals surface area contributed by atoms with Gasteiger partial charge in [-0.2, -0.15) is 0 Å². The SMILES string of the molecule is COc1cc2sc(N3C(=O)C(=O)/C(=C(/O)c4ccc5c(c4)OCCO5)C3c3ccccn3)nc2cc1C. The van der Waals surface area contributed by atoms with Crippen LogP contribution in [0.1, 0.15) is 22.9 Å². The standard InChI is InChI=1S/C27H21N3O6S/c1-14-11-17-21(13-19(14)34-2)37-27(29-17)30-23(16-5-3-4-8-28-16)22(25(32)26(30)33)24(31)15-6-7-18-20(12-15)36-10-9-35-18/h3-8,11-13,23,31H,9-10H2,1-2H3/b24-22+. The zero-order valence-electron chi connectivity index (χ0n) is 19.9. The summed E-state index contributed by atoms with van der Waals surface area (Å²) in [6.07, 6.45) is 1.58. The molecule has 0 radical (unpaired) electrons. The fourth-order valence-electron chi connectivity index (χ4n) is 4.56. The van der Waals surface area contributed by atoms with Crippen LogP contribution in [-0.4, -0.2) is 47.1 Å². The fourth-order valence-corrected chi connectivity index (χ4v) is 5.57. The summed E-state index contributed by atoms with van der Waals surface area (Å²) in [5.41, 5.74) is 2.25. The molecule has 1 unspecified atom stereocenters. The summed E-state index contributed by atoms with van der Waals surface area (Å²) in [6.45, 7) is 2.71. The molecule has 2 aromatic carbocycles. The molecule has 2 aliphatic heterocycles. The topological polar surface area (TPSA) is 111 Å². The van der Waals surface area contributed by atoms with Crippen molar-refractivity contribution in [2.24, 2.45) is 0 Å². The molecule has 1 N–H and O–H groups in total. The van der Waals surface area contributed by atoms with E-state index >= 15 is 0 Å². The van der Waals surface area contributed by atoms with Gasteiger partial charge < -0.3 is 19.3 Å². The number of rotatable bonds is 4. The molecule has 1 fully saturated rings. The van der Waals surface area contributed by atoms with Gasteiger partial charge in [-0.15, -0.1) is 0 Å². The first-order valence-electron chi connectivity index (χ1n) is 11.5. The number of carbonyl (C=O) groups excluding carboxylic acids is 2. The van der Waals surface area contributed by atoms with E-state index in [1.54, 1.807) is 49.7 Å². The first kappa shape index (κ1) is 23.0. The molecule has 0 spiro atoms. The van der Waals surface area contributed by atoms with Gasteiger partial charge in [0.25, 0.3) is 5.78 Å². The van der Waals surface area contributed by atoms with Gasteiger partial charge in [-0.1, -0.05) is 17.4 Å². The predicted molar refractivity (Wildman–Crippen MR) is 137 cm³/mol. The molecule has 4 heterocycles. The second kappa shape index (κ2) is 8.90. The Morgan fingerprint density at radius 1 is 1.11 bits per heavy atom. The first-order valence-corrected chi connectivity index (χ1v) is 12.3. The van der Waals surface area contributed by atoms with E-state index in [0.717, 1.165) is 10.3 Å². The smallest absolute Gasteiger partial charge is 0.301 e. The third-order valence-electron chi connectivity index (χ3n) is 6.33. The lowest BCUT2D eigenvalue weighted by molar-refractivity contribution is -0.132. The van der Waals surface area contributed by atoms with Gasteiger partial charge in [0.2, 0.25) is 0 Å². The van der Waals surface area contributed by atoms with E-state index in [-0.39, 0.29) is 11.3 Å². The van der Waals surface area contributed by atoms with E-state index in [1.165, 1.54) is 16.2 Å². The van der Waals surface area contributed by atoms with Crippen LogP contribution in [0, 0.1) is 6.92 Å². The highest BCUT2D eigenvalue weighted by atomic mass is 32.1. The number of Topliss-reactive ketones (excluding diaryl/α,β-unsaturated/α-hetero) is 1. The second-order valence-electron chi connectivity index (χ2n) is 8.57. The number of hydrogen-bond donors (Lipinski definition) is 1. The number of amides is 1. The van der Waals surface area contributed by atoms with Gasteiger partial charge in [-0.05, 0) is 55.0 Å². The fraction of sp³-hybridized carbons (Fsp3) is 0.185. The van der Waals surface area contributed by atoms with Crippen molar-refractivity contribution in [3.8, 4) is 17.2 Å². The van der Waals surface area contributed by atoms with Crippen LogP contribution < -0.4 is 19.1 Å². The molecule has 37 heavy (non-hydrogen) atoms. The number of aromatic nitrogens is 2. The Bertz CT molecular complexity index is 1600. The number of hydrogen-bond acceptors (Lipinski definition) is 9. The molecule has 1 saturated heterocycles. The number of ketones is 1. The van der Waals surface area contributed by atoms with Gasteiger partial charge in [0.15, 0.2) is 16.6 Å². The Balaban J connectivity index is 1.52. The van der Waals surface area contributed by atoms with Crippen LogP contribution in [0.3, 0.4) is 0 Å². The molecule has 9 nitrogen and oxygen atoms in total. The summed E-state index contributed by atoms with van der Waals surface area (Å²) >= 11 is 1.26. The van der Waals surface area contributed by atoms with E-state index in [9.17, 15) is 14.7 Å². The predicted octanol–water partition coefficient (Wildman–Crippen LogP) is 4.41. The number of anilines is 1. The van der Waals surface area contributed by atoms with Crippen LogP contribution in [-0.2, 0) is 9.59 Å². The van der Waals surface area contributed by atoms with Crippen molar-refractivity contribution < 1.29 is 28.9 Å². The summed E-state index contributed by atoms with van der Waals surface area (Å²) in [6, 6.07) is 12.8. The molecular weight excluding hydrogens is 494 g/mol. The normalized spacial score (nSPS) is 18.4. The number of ether oxygens (including phenoxy) is 3. The molecule has 1 amide bonds. The summed E-state index contributed by atoms with van der Waals surface area (Å²) in [7, 11) is 1.59. The third kappa shape index (κ3) is 3.77. The Labute approximate surface area is 215 Å². The maximum Gasteiger partial charge on any atom is 0.301 e. The van der Waals surface area contributed by atoms with Crippen molar-refractivity contribution in [3.05, 3.63) is 77.1 Å². The zero-order chi connectivity index (χ0) is 25.7. The quantitative estimate of drug-likeness (QED) is 0.242. The van der Waals surface area contributed by atoms with E-state index in [0.29, 0.717) is 52.4 Å². The summed E-state index contributed by atoms with van der Waals surface area (Å²) < 4.78 is 17.4. The average molecular weight is 516 g/mol. The number of aliphatic hydroxyl groups is 1. The molecule has 6 rings (SSSR count). The largest absolute Gasteiger partial charge is 0.507 e. The number of nitrogens with zero attached hydrogens (tertiary/aromatic N) is 3. The van der Waals surface area contributed by atoms with Crippen LogP contribution in [0.5, 0.6) is 17.2 Å². The Hall–Kier alpha value is -4.44. The Kier molecular flexibility index (Phi) is 5.53. The number of thiazole rings is 1. The van der Waals surface area contributed by atoms with Crippen molar-refractivity contribution in [1.82, 2.24) is 9.97 Å². The first-order chi connectivity index (χ1) is 18.0. The minimum absolute atomic E-state index is 0.0756. The Morgan fingerprint density at radius 2 is 1.92 bits per heavy atom. The van der Waals surface area contributed by atoms with Crippen LogP contribution in [0.2, 0.25) is 0 Å². The summed E-state index contributed by atoms with van der Waals surface area (Å²) in [5.74, 6) is -0.246. The third-order valence-corrected chi connectivity index (χ3v) is 7.35. The maximum atomic E-state index is 13.4. The Morgan fingerprint density at radius 3 is 2.68 bits per heavy atom. The molecule has 2 aromatic heterocycles. The van der Waals surface area contributed by atoms with Gasteiger partial charge in [-0.25, -0.2) is 4.98 Å². The number of aliphatic hydroxyl groups excluding tert-OH is 1.